The zero-order valence-electron chi connectivity index (χ0n) is 10.9. The van der Waals surface area contributed by atoms with Crippen LogP contribution in [0.2, 0.25) is 0 Å². The summed E-state index contributed by atoms with van der Waals surface area (Å²) in [6, 6.07) is 2.05. The van der Waals surface area contributed by atoms with Gasteiger partial charge in [0.05, 0.1) is 0 Å². The number of phenolic OH excluding ortho intramolecular Hbond substituents is 2. The summed E-state index contributed by atoms with van der Waals surface area (Å²) >= 11 is 0. The number of nitrogens with zero attached hydrogens (tertiary/aromatic N) is 1. The van der Waals surface area contributed by atoms with Gasteiger partial charge in [-0.3, -0.25) is 4.90 Å². The Kier molecular flexibility index (Phi) is 4.42. The normalized spacial score (nSPS) is 18.9. The number of piperazine rings is 1. The van der Waals surface area contributed by atoms with Crippen molar-refractivity contribution >= 4 is 0 Å². The van der Waals surface area contributed by atoms with Gasteiger partial charge in [-0.05, 0) is 18.2 Å². The fourth-order valence-corrected chi connectivity index (χ4v) is 2.48. The zero-order valence-corrected chi connectivity index (χ0v) is 10.9. The standard InChI is InChI=1S/C13H18F2N2O3/c14-13(15,8-18)12(17-5-3-16-4-6-17)10-7-9(19)1-2-11(10)20/h1-2,7,12,16,18-20H,3-6,8H2/t12-/m0/s1. The third-order valence-corrected chi connectivity index (χ3v) is 3.43. The van der Waals surface area contributed by atoms with E-state index in [9.17, 15) is 19.0 Å². The molecule has 7 heteroatoms. The second kappa shape index (κ2) is 5.90. The largest absolute Gasteiger partial charge is 0.508 e. The van der Waals surface area contributed by atoms with Crippen LogP contribution in [-0.4, -0.2) is 58.9 Å². The van der Waals surface area contributed by atoms with Gasteiger partial charge in [-0.25, -0.2) is 8.78 Å². The molecule has 1 atom stereocenters. The second-order valence-corrected chi connectivity index (χ2v) is 4.85. The lowest BCUT2D eigenvalue weighted by Crippen LogP contribution is -2.51. The van der Waals surface area contributed by atoms with Crippen molar-refractivity contribution in [3.05, 3.63) is 23.8 Å². The van der Waals surface area contributed by atoms with Gasteiger partial charge in [0.25, 0.3) is 5.92 Å². The molecule has 0 bridgehead atoms. The Morgan fingerprint density at radius 2 is 1.90 bits per heavy atom. The van der Waals surface area contributed by atoms with E-state index >= 15 is 0 Å². The quantitative estimate of drug-likeness (QED) is 0.613. The average molecular weight is 288 g/mol. The molecule has 2 rings (SSSR count). The van der Waals surface area contributed by atoms with E-state index < -0.39 is 18.6 Å². The van der Waals surface area contributed by atoms with Crippen molar-refractivity contribution in [2.45, 2.75) is 12.0 Å². The Bertz CT molecular complexity index is 465. The molecule has 1 aromatic rings. The summed E-state index contributed by atoms with van der Waals surface area (Å²) in [5.74, 6) is -3.94. The fraction of sp³-hybridized carbons (Fsp3) is 0.538. The number of hydrogen-bond acceptors (Lipinski definition) is 5. The van der Waals surface area contributed by atoms with E-state index in [1.54, 1.807) is 0 Å². The van der Waals surface area contributed by atoms with Crippen molar-refractivity contribution in [1.82, 2.24) is 10.2 Å². The lowest BCUT2D eigenvalue weighted by atomic mass is 9.97. The van der Waals surface area contributed by atoms with Crippen LogP contribution in [0.1, 0.15) is 11.6 Å². The molecule has 1 saturated heterocycles. The minimum atomic E-state index is -3.41. The number of aliphatic hydroxyl groups excluding tert-OH is 1. The molecule has 1 aliphatic rings. The number of phenols is 2. The topological polar surface area (TPSA) is 76.0 Å². The van der Waals surface area contributed by atoms with Gasteiger partial charge >= 0.3 is 0 Å². The van der Waals surface area contributed by atoms with E-state index in [0.717, 1.165) is 6.07 Å². The molecule has 5 nitrogen and oxygen atoms in total. The maximum Gasteiger partial charge on any atom is 0.290 e. The van der Waals surface area contributed by atoms with Gasteiger partial charge in [0.1, 0.15) is 24.1 Å². The van der Waals surface area contributed by atoms with Crippen LogP contribution in [0, 0.1) is 0 Å². The molecule has 0 spiro atoms. The molecule has 1 heterocycles. The number of hydrogen-bond donors (Lipinski definition) is 4. The highest BCUT2D eigenvalue weighted by molar-refractivity contribution is 5.41. The van der Waals surface area contributed by atoms with Crippen molar-refractivity contribution in [3.8, 4) is 11.5 Å². The highest BCUT2D eigenvalue weighted by Gasteiger charge is 2.45. The summed E-state index contributed by atoms with van der Waals surface area (Å²) in [4.78, 5) is 1.50. The SMILES string of the molecule is OCC(F)(F)[C@H](c1cc(O)ccc1O)N1CCNCC1. The molecular weight excluding hydrogens is 270 g/mol. The molecule has 4 N–H and O–H groups in total. The van der Waals surface area contributed by atoms with E-state index in [2.05, 4.69) is 5.32 Å². The summed E-state index contributed by atoms with van der Waals surface area (Å²) in [6.45, 7) is 0.524. The first-order valence-electron chi connectivity index (χ1n) is 6.41. The Labute approximate surface area is 115 Å². The van der Waals surface area contributed by atoms with Crippen molar-refractivity contribution in [2.24, 2.45) is 0 Å². The smallest absolute Gasteiger partial charge is 0.290 e. The number of nitrogens with one attached hydrogen (secondary N) is 1. The maximum atomic E-state index is 14.1. The Morgan fingerprint density at radius 1 is 1.25 bits per heavy atom. The average Bonchev–Trinajstić information content (AvgIpc) is 2.44. The molecule has 0 unspecified atom stereocenters. The second-order valence-electron chi connectivity index (χ2n) is 4.85. The van der Waals surface area contributed by atoms with Crippen molar-refractivity contribution in [3.63, 3.8) is 0 Å². The highest BCUT2D eigenvalue weighted by Crippen LogP contribution is 2.41. The molecule has 1 aromatic carbocycles. The Balaban J connectivity index is 2.42. The number of benzene rings is 1. The Hall–Kier alpha value is -1.44. The first kappa shape index (κ1) is 15.0. The van der Waals surface area contributed by atoms with Crippen LogP contribution in [0.5, 0.6) is 11.5 Å². The lowest BCUT2D eigenvalue weighted by molar-refractivity contribution is -0.119. The van der Waals surface area contributed by atoms with Crippen LogP contribution < -0.4 is 5.32 Å². The van der Waals surface area contributed by atoms with E-state index in [-0.39, 0.29) is 17.1 Å². The van der Waals surface area contributed by atoms with Crippen LogP contribution in [0.4, 0.5) is 8.78 Å². The molecule has 1 aliphatic heterocycles. The summed E-state index contributed by atoms with van der Waals surface area (Å²) in [6.07, 6.45) is 0. The summed E-state index contributed by atoms with van der Waals surface area (Å²) in [5.41, 5.74) is -0.0778. The van der Waals surface area contributed by atoms with Crippen molar-refractivity contribution in [1.29, 1.82) is 0 Å². The van der Waals surface area contributed by atoms with Crippen LogP contribution >= 0.6 is 0 Å². The Morgan fingerprint density at radius 3 is 2.50 bits per heavy atom. The third kappa shape index (κ3) is 3.00. The van der Waals surface area contributed by atoms with Crippen LogP contribution in [0.25, 0.3) is 0 Å². The van der Waals surface area contributed by atoms with Gasteiger partial charge in [-0.15, -0.1) is 0 Å². The van der Waals surface area contributed by atoms with Gasteiger partial charge in [0.15, 0.2) is 0 Å². The number of aromatic hydroxyl groups is 2. The predicted octanol–water partition coefficient (Wildman–Crippen LogP) is 0.672. The number of aliphatic hydroxyl groups is 1. The van der Waals surface area contributed by atoms with E-state index in [1.165, 1.54) is 17.0 Å². The molecule has 0 saturated carbocycles. The molecule has 0 amide bonds. The van der Waals surface area contributed by atoms with E-state index in [1.807, 2.05) is 0 Å². The zero-order chi connectivity index (χ0) is 14.8. The van der Waals surface area contributed by atoms with Crippen molar-refractivity contribution in [2.75, 3.05) is 32.8 Å². The maximum absolute atomic E-state index is 14.1. The van der Waals surface area contributed by atoms with Gasteiger partial charge in [0.2, 0.25) is 0 Å². The number of rotatable bonds is 4. The molecule has 1 fully saturated rings. The van der Waals surface area contributed by atoms with E-state index in [4.69, 9.17) is 5.11 Å². The van der Waals surface area contributed by atoms with E-state index in [0.29, 0.717) is 26.2 Å². The minimum absolute atomic E-state index is 0.0778. The van der Waals surface area contributed by atoms with Crippen LogP contribution in [0.3, 0.4) is 0 Å². The fourth-order valence-electron chi connectivity index (χ4n) is 2.48. The molecule has 20 heavy (non-hydrogen) atoms. The molecule has 0 aromatic heterocycles. The van der Waals surface area contributed by atoms with Gasteiger partial charge < -0.3 is 20.6 Å². The first-order valence-corrected chi connectivity index (χ1v) is 6.41. The third-order valence-electron chi connectivity index (χ3n) is 3.43. The first-order chi connectivity index (χ1) is 9.45. The van der Waals surface area contributed by atoms with Gasteiger partial charge in [-0.1, -0.05) is 0 Å². The monoisotopic (exact) mass is 288 g/mol. The number of alkyl halides is 2. The summed E-state index contributed by atoms with van der Waals surface area (Å²) in [5, 5.41) is 31.3. The lowest BCUT2D eigenvalue weighted by Gasteiger charge is -2.38. The van der Waals surface area contributed by atoms with Crippen LogP contribution in [0.15, 0.2) is 18.2 Å². The summed E-state index contributed by atoms with van der Waals surface area (Å²) in [7, 11) is 0. The summed E-state index contributed by atoms with van der Waals surface area (Å²) < 4.78 is 28.2. The highest BCUT2D eigenvalue weighted by atomic mass is 19.3. The molecule has 112 valence electrons. The predicted molar refractivity (Wildman–Crippen MR) is 69.0 cm³/mol. The van der Waals surface area contributed by atoms with Crippen LogP contribution in [-0.2, 0) is 0 Å². The minimum Gasteiger partial charge on any atom is -0.508 e. The molecule has 0 radical (unpaired) electrons. The van der Waals surface area contributed by atoms with Gasteiger partial charge in [0, 0.05) is 31.7 Å². The molecular formula is C13H18F2N2O3. The molecule has 0 aliphatic carbocycles. The van der Waals surface area contributed by atoms with Gasteiger partial charge in [-0.2, -0.15) is 0 Å². The van der Waals surface area contributed by atoms with Crippen molar-refractivity contribution < 1.29 is 24.1 Å². The number of halogens is 2.